The predicted octanol–water partition coefficient (Wildman–Crippen LogP) is 4.72. The van der Waals surface area contributed by atoms with E-state index < -0.39 is 4.92 Å². The SMILES string of the molecule is CCC(=O)N1N=C(c2ccc([N+](=O)[O-])cc2)c2cc(Br)ccc2C=C1C. The molecule has 0 N–H and O–H groups in total. The zero-order valence-corrected chi connectivity index (χ0v) is 15.9. The fourth-order valence-corrected chi connectivity index (χ4v) is 3.10. The molecule has 0 saturated carbocycles. The van der Waals surface area contributed by atoms with Crippen molar-refractivity contribution < 1.29 is 9.72 Å². The number of nitro groups is 1. The molecule has 1 heterocycles. The highest BCUT2D eigenvalue weighted by molar-refractivity contribution is 9.10. The quantitative estimate of drug-likeness (QED) is 0.539. The molecule has 0 radical (unpaired) electrons. The predicted molar refractivity (Wildman–Crippen MR) is 104 cm³/mol. The Balaban J connectivity index is 2.21. The fraction of sp³-hybridized carbons (Fsp3) is 0.158. The van der Waals surface area contributed by atoms with Crippen molar-refractivity contribution in [2.45, 2.75) is 20.3 Å². The van der Waals surface area contributed by atoms with Crippen molar-refractivity contribution in [2.24, 2.45) is 5.10 Å². The second-order valence-corrected chi connectivity index (χ2v) is 6.74. The largest absolute Gasteiger partial charge is 0.273 e. The van der Waals surface area contributed by atoms with E-state index in [9.17, 15) is 14.9 Å². The van der Waals surface area contributed by atoms with E-state index >= 15 is 0 Å². The molecular formula is C19H16BrN3O3. The Labute approximate surface area is 159 Å². The van der Waals surface area contributed by atoms with Gasteiger partial charge in [0, 0.05) is 39.9 Å². The van der Waals surface area contributed by atoms with Crippen LogP contribution < -0.4 is 0 Å². The van der Waals surface area contributed by atoms with E-state index in [2.05, 4.69) is 21.0 Å². The van der Waals surface area contributed by atoms with Gasteiger partial charge in [0.25, 0.3) is 5.69 Å². The average Bonchev–Trinajstić information content (AvgIpc) is 2.77. The van der Waals surface area contributed by atoms with Gasteiger partial charge in [-0.15, -0.1) is 0 Å². The maximum atomic E-state index is 12.3. The Hall–Kier alpha value is -2.80. The summed E-state index contributed by atoms with van der Waals surface area (Å²) in [4.78, 5) is 22.8. The lowest BCUT2D eigenvalue weighted by atomic mass is 9.97. The molecule has 26 heavy (non-hydrogen) atoms. The lowest BCUT2D eigenvalue weighted by Crippen LogP contribution is -2.24. The molecule has 2 aromatic rings. The van der Waals surface area contributed by atoms with E-state index in [-0.39, 0.29) is 11.6 Å². The van der Waals surface area contributed by atoms with Gasteiger partial charge < -0.3 is 0 Å². The van der Waals surface area contributed by atoms with Gasteiger partial charge in [-0.25, -0.2) is 5.01 Å². The van der Waals surface area contributed by atoms with E-state index in [0.29, 0.717) is 17.7 Å². The Morgan fingerprint density at radius 3 is 2.54 bits per heavy atom. The van der Waals surface area contributed by atoms with Crippen LogP contribution in [-0.2, 0) is 4.79 Å². The van der Waals surface area contributed by atoms with E-state index in [1.54, 1.807) is 19.1 Å². The van der Waals surface area contributed by atoms with E-state index in [4.69, 9.17) is 0 Å². The number of amides is 1. The minimum Gasteiger partial charge on any atom is -0.273 e. The minimum absolute atomic E-state index is 0.00762. The number of non-ortho nitro benzene ring substituents is 1. The number of rotatable bonds is 3. The van der Waals surface area contributed by atoms with Crippen LogP contribution >= 0.6 is 15.9 Å². The minimum atomic E-state index is -0.443. The lowest BCUT2D eigenvalue weighted by Gasteiger charge is -2.17. The summed E-state index contributed by atoms with van der Waals surface area (Å²) in [7, 11) is 0. The highest BCUT2D eigenvalue weighted by atomic mass is 79.9. The molecule has 0 aromatic heterocycles. The number of nitro benzene ring substituents is 1. The summed E-state index contributed by atoms with van der Waals surface area (Å²) in [6.07, 6.45) is 2.24. The number of carbonyl (C=O) groups excluding carboxylic acids is 1. The summed E-state index contributed by atoms with van der Waals surface area (Å²) < 4.78 is 0.882. The van der Waals surface area contributed by atoms with Gasteiger partial charge >= 0.3 is 0 Å². The number of fused-ring (bicyclic) bond motifs is 1. The number of carbonyl (C=O) groups is 1. The maximum Gasteiger partial charge on any atom is 0.269 e. The first-order valence-electron chi connectivity index (χ1n) is 8.05. The second kappa shape index (κ2) is 7.21. The molecule has 3 rings (SSSR count). The van der Waals surface area contributed by atoms with Crippen LogP contribution in [-0.4, -0.2) is 21.6 Å². The number of hydrogen-bond acceptors (Lipinski definition) is 4. The van der Waals surface area contributed by atoms with Crippen molar-refractivity contribution in [1.82, 2.24) is 5.01 Å². The summed E-state index contributed by atoms with van der Waals surface area (Å²) >= 11 is 3.47. The van der Waals surface area contributed by atoms with Crippen LogP contribution in [0.15, 0.2) is 57.7 Å². The standard InChI is InChI=1S/C19H16BrN3O3/c1-3-18(24)22-12(2)10-14-4-7-15(20)11-17(14)19(21-22)13-5-8-16(9-6-13)23(25)26/h4-11H,3H2,1-2H3. The van der Waals surface area contributed by atoms with Crippen LogP contribution in [0.4, 0.5) is 5.69 Å². The summed E-state index contributed by atoms with van der Waals surface area (Å²) in [5.74, 6) is -0.120. The van der Waals surface area contributed by atoms with Crippen molar-refractivity contribution in [1.29, 1.82) is 0 Å². The van der Waals surface area contributed by atoms with Crippen LogP contribution in [0.1, 0.15) is 37.0 Å². The molecule has 0 aliphatic carbocycles. The molecule has 0 spiro atoms. The molecule has 1 amide bonds. The molecule has 0 saturated heterocycles. The number of hydrazone groups is 1. The Morgan fingerprint density at radius 1 is 1.23 bits per heavy atom. The lowest BCUT2D eigenvalue weighted by molar-refractivity contribution is -0.384. The van der Waals surface area contributed by atoms with Gasteiger partial charge in [-0.05, 0) is 42.8 Å². The number of halogens is 1. The third kappa shape index (κ3) is 3.43. The van der Waals surface area contributed by atoms with Gasteiger partial charge in [0.1, 0.15) is 0 Å². The third-order valence-corrected chi connectivity index (χ3v) is 4.55. The summed E-state index contributed by atoms with van der Waals surface area (Å²) in [5, 5.41) is 16.9. The maximum absolute atomic E-state index is 12.3. The van der Waals surface area contributed by atoms with Gasteiger partial charge in [-0.3, -0.25) is 14.9 Å². The highest BCUT2D eigenvalue weighted by Crippen LogP contribution is 2.28. The average molecular weight is 414 g/mol. The van der Waals surface area contributed by atoms with Crippen LogP contribution in [0.3, 0.4) is 0 Å². The first-order valence-corrected chi connectivity index (χ1v) is 8.84. The third-order valence-electron chi connectivity index (χ3n) is 4.06. The molecule has 0 unspecified atom stereocenters. The molecule has 1 aliphatic rings. The van der Waals surface area contributed by atoms with E-state index in [1.165, 1.54) is 17.1 Å². The van der Waals surface area contributed by atoms with Gasteiger partial charge in [0.2, 0.25) is 5.91 Å². The Morgan fingerprint density at radius 2 is 1.92 bits per heavy atom. The zero-order valence-electron chi connectivity index (χ0n) is 14.3. The van der Waals surface area contributed by atoms with Crippen LogP contribution in [0.2, 0.25) is 0 Å². The monoisotopic (exact) mass is 413 g/mol. The molecule has 0 fully saturated rings. The molecule has 132 valence electrons. The number of allylic oxidation sites excluding steroid dienone is 1. The second-order valence-electron chi connectivity index (χ2n) is 5.83. The van der Waals surface area contributed by atoms with Crippen molar-refractivity contribution in [3.63, 3.8) is 0 Å². The van der Waals surface area contributed by atoms with Crippen molar-refractivity contribution in [3.8, 4) is 0 Å². The molecular weight excluding hydrogens is 398 g/mol. The molecule has 0 bridgehead atoms. The summed E-state index contributed by atoms with van der Waals surface area (Å²) in [5.41, 5.74) is 3.79. The van der Waals surface area contributed by atoms with Crippen LogP contribution in [0.5, 0.6) is 0 Å². The number of nitrogens with zero attached hydrogens (tertiary/aromatic N) is 3. The summed E-state index contributed by atoms with van der Waals surface area (Å²) in [6.45, 7) is 3.62. The molecule has 0 atom stereocenters. The molecule has 2 aromatic carbocycles. The van der Waals surface area contributed by atoms with Crippen molar-refractivity contribution in [3.05, 3.63) is 79.4 Å². The van der Waals surface area contributed by atoms with E-state index in [0.717, 1.165) is 21.3 Å². The van der Waals surface area contributed by atoms with Gasteiger partial charge in [-0.2, -0.15) is 5.10 Å². The van der Waals surface area contributed by atoms with Crippen LogP contribution in [0.25, 0.3) is 6.08 Å². The van der Waals surface area contributed by atoms with Crippen molar-refractivity contribution >= 4 is 39.3 Å². The topological polar surface area (TPSA) is 75.8 Å². The normalized spacial score (nSPS) is 13.4. The highest BCUT2D eigenvalue weighted by Gasteiger charge is 2.22. The first kappa shape index (κ1) is 18.0. The smallest absolute Gasteiger partial charge is 0.269 e. The molecule has 6 nitrogen and oxygen atoms in total. The zero-order chi connectivity index (χ0) is 18.8. The van der Waals surface area contributed by atoms with Gasteiger partial charge in [0.05, 0.1) is 10.6 Å². The number of benzene rings is 2. The van der Waals surface area contributed by atoms with Gasteiger partial charge in [0.15, 0.2) is 0 Å². The Bertz CT molecular complexity index is 949. The Kier molecular flexibility index (Phi) is 4.99. The van der Waals surface area contributed by atoms with Gasteiger partial charge in [-0.1, -0.05) is 28.9 Å². The summed E-state index contributed by atoms with van der Waals surface area (Å²) in [6, 6.07) is 12.0. The van der Waals surface area contributed by atoms with Crippen molar-refractivity contribution in [2.75, 3.05) is 0 Å². The molecule has 1 aliphatic heterocycles. The first-order chi connectivity index (χ1) is 12.4. The number of hydrogen-bond donors (Lipinski definition) is 0. The van der Waals surface area contributed by atoms with E-state index in [1.807, 2.05) is 31.2 Å². The van der Waals surface area contributed by atoms with Crippen LogP contribution in [0, 0.1) is 10.1 Å². The fourth-order valence-electron chi connectivity index (χ4n) is 2.73. The molecule has 7 heteroatoms.